The number of aryl methyl sites for hydroxylation is 1. The van der Waals surface area contributed by atoms with E-state index < -0.39 is 0 Å². The Hall–Kier alpha value is -0.610. The van der Waals surface area contributed by atoms with Gasteiger partial charge in [0.15, 0.2) is 0 Å². The van der Waals surface area contributed by atoms with Crippen LogP contribution in [-0.2, 0) is 0 Å². The Bertz CT molecular complexity index is 270. The Kier molecular flexibility index (Phi) is 2.84. The second kappa shape index (κ2) is 3.69. The minimum atomic E-state index is 1.26. The van der Waals surface area contributed by atoms with Crippen molar-refractivity contribution in [3.8, 4) is 0 Å². The van der Waals surface area contributed by atoms with Gasteiger partial charge in [-0.1, -0.05) is 35.7 Å². The molecular formula is C10H13P. The number of hydrogen-bond donors (Lipinski definition) is 0. The van der Waals surface area contributed by atoms with Gasteiger partial charge >= 0.3 is 0 Å². The first kappa shape index (κ1) is 8.49. The van der Waals surface area contributed by atoms with Crippen LogP contribution in [-0.4, -0.2) is 0 Å². The molecular weight excluding hydrogens is 151 g/mol. The van der Waals surface area contributed by atoms with E-state index in [-0.39, 0.29) is 0 Å². The summed E-state index contributed by atoms with van der Waals surface area (Å²) in [4.78, 5) is 0. The van der Waals surface area contributed by atoms with Gasteiger partial charge in [-0.3, -0.25) is 0 Å². The zero-order valence-corrected chi connectivity index (χ0v) is 8.12. The smallest absolute Gasteiger partial charge is 0.0225 e. The van der Waals surface area contributed by atoms with Crippen LogP contribution in [0.3, 0.4) is 0 Å². The Morgan fingerprint density at radius 3 is 2.55 bits per heavy atom. The van der Waals surface area contributed by atoms with Gasteiger partial charge in [0.05, 0.1) is 0 Å². The molecule has 1 heteroatoms. The summed E-state index contributed by atoms with van der Waals surface area (Å²) >= 11 is 0. The van der Waals surface area contributed by atoms with Gasteiger partial charge in [-0.15, -0.1) is 9.24 Å². The van der Waals surface area contributed by atoms with Crippen molar-refractivity contribution in [2.75, 3.05) is 0 Å². The van der Waals surface area contributed by atoms with Gasteiger partial charge in [0.25, 0.3) is 0 Å². The van der Waals surface area contributed by atoms with Gasteiger partial charge in [-0.2, -0.15) is 0 Å². The largest absolute Gasteiger partial charge is 0.110 e. The average molecular weight is 164 g/mol. The molecule has 0 saturated heterocycles. The van der Waals surface area contributed by atoms with Crippen LogP contribution in [0.2, 0.25) is 0 Å². The molecule has 1 unspecified atom stereocenters. The van der Waals surface area contributed by atoms with E-state index in [2.05, 4.69) is 53.4 Å². The summed E-state index contributed by atoms with van der Waals surface area (Å²) in [6.45, 7) is 4.20. The van der Waals surface area contributed by atoms with Crippen molar-refractivity contribution in [1.82, 2.24) is 0 Å². The Morgan fingerprint density at radius 1 is 1.36 bits per heavy atom. The fourth-order valence-corrected chi connectivity index (χ4v) is 1.17. The Labute approximate surface area is 70.5 Å². The fourth-order valence-electron chi connectivity index (χ4n) is 0.994. The lowest BCUT2D eigenvalue weighted by atomic mass is 10.1. The van der Waals surface area contributed by atoms with Crippen LogP contribution in [0.5, 0.6) is 0 Å². The molecule has 0 spiro atoms. The molecule has 0 nitrogen and oxygen atoms in total. The van der Waals surface area contributed by atoms with E-state index >= 15 is 0 Å². The monoisotopic (exact) mass is 164 g/mol. The maximum absolute atomic E-state index is 2.69. The van der Waals surface area contributed by atoms with Gasteiger partial charge < -0.3 is 0 Å². The molecule has 0 aromatic heterocycles. The molecule has 1 rings (SSSR count). The van der Waals surface area contributed by atoms with E-state index in [0.29, 0.717) is 0 Å². The summed E-state index contributed by atoms with van der Waals surface area (Å²) in [6, 6.07) is 8.37. The van der Waals surface area contributed by atoms with E-state index in [4.69, 9.17) is 0 Å². The summed E-state index contributed by atoms with van der Waals surface area (Å²) in [7, 11) is 2.69. The van der Waals surface area contributed by atoms with Gasteiger partial charge in [0, 0.05) is 0 Å². The summed E-state index contributed by atoms with van der Waals surface area (Å²) in [5.41, 5.74) is 2.63. The lowest BCUT2D eigenvalue weighted by Crippen LogP contribution is -1.77. The van der Waals surface area contributed by atoms with Crippen LogP contribution in [0.4, 0.5) is 0 Å². The Balaban J connectivity index is 3.04. The predicted octanol–water partition coefficient (Wildman–Crippen LogP) is 3.23. The van der Waals surface area contributed by atoms with Gasteiger partial charge in [-0.05, 0) is 25.0 Å². The maximum Gasteiger partial charge on any atom is -0.0225 e. The molecule has 0 N–H and O–H groups in total. The second-order valence-corrected chi connectivity index (χ2v) is 3.66. The van der Waals surface area contributed by atoms with Gasteiger partial charge in [0.1, 0.15) is 0 Å². The van der Waals surface area contributed by atoms with Crippen LogP contribution in [0.15, 0.2) is 29.6 Å². The zero-order chi connectivity index (χ0) is 8.27. The first-order valence-electron chi connectivity index (χ1n) is 3.69. The van der Waals surface area contributed by atoms with E-state index in [9.17, 15) is 0 Å². The van der Waals surface area contributed by atoms with Crippen LogP contribution in [0, 0.1) is 6.92 Å². The van der Waals surface area contributed by atoms with Crippen molar-refractivity contribution in [1.29, 1.82) is 0 Å². The minimum Gasteiger partial charge on any atom is -0.110 e. The molecule has 0 fully saturated rings. The van der Waals surface area contributed by atoms with Crippen molar-refractivity contribution in [3.63, 3.8) is 0 Å². The maximum atomic E-state index is 2.69. The third kappa shape index (κ3) is 2.48. The van der Waals surface area contributed by atoms with E-state index in [0.717, 1.165) is 0 Å². The molecule has 1 aromatic rings. The van der Waals surface area contributed by atoms with E-state index in [1.807, 2.05) is 0 Å². The number of benzene rings is 1. The molecule has 1 atom stereocenters. The number of hydrogen-bond acceptors (Lipinski definition) is 0. The Morgan fingerprint density at radius 2 is 2.00 bits per heavy atom. The molecule has 1 aromatic carbocycles. The minimum absolute atomic E-state index is 1.26. The van der Waals surface area contributed by atoms with E-state index in [1.165, 1.54) is 16.4 Å². The summed E-state index contributed by atoms with van der Waals surface area (Å²) in [6.07, 6.45) is 2.17. The zero-order valence-electron chi connectivity index (χ0n) is 6.96. The van der Waals surface area contributed by atoms with Crippen LogP contribution >= 0.6 is 9.24 Å². The van der Waals surface area contributed by atoms with Crippen molar-refractivity contribution in [2.45, 2.75) is 13.8 Å². The van der Waals surface area contributed by atoms with Crippen LogP contribution < -0.4 is 0 Å². The highest BCUT2D eigenvalue weighted by molar-refractivity contribution is 7.22. The van der Waals surface area contributed by atoms with Crippen molar-refractivity contribution >= 4 is 15.3 Å². The second-order valence-electron chi connectivity index (χ2n) is 2.74. The molecule has 0 heterocycles. The number of rotatable bonds is 1. The van der Waals surface area contributed by atoms with Crippen molar-refractivity contribution in [3.05, 3.63) is 40.7 Å². The SMILES string of the molecule is C/C(P)=C\c1ccccc1C. The molecule has 0 radical (unpaired) electrons. The molecule has 0 aliphatic heterocycles. The lowest BCUT2D eigenvalue weighted by Gasteiger charge is -1.98. The quantitative estimate of drug-likeness (QED) is 0.559. The fraction of sp³-hybridized carbons (Fsp3) is 0.200. The molecule has 11 heavy (non-hydrogen) atoms. The third-order valence-electron chi connectivity index (χ3n) is 1.57. The highest BCUT2D eigenvalue weighted by Gasteiger charge is 1.90. The molecule has 0 amide bonds. The first-order valence-corrected chi connectivity index (χ1v) is 4.27. The summed E-state index contributed by atoms with van der Waals surface area (Å²) in [5, 5.41) is 1.26. The topological polar surface area (TPSA) is 0 Å². The molecule has 0 saturated carbocycles. The van der Waals surface area contributed by atoms with E-state index in [1.54, 1.807) is 0 Å². The van der Waals surface area contributed by atoms with Crippen molar-refractivity contribution in [2.24, 2.45) is 0 Å². The highest BCUT2D eigenvalue weighted by Crippen LogP contribution is 2.14. The van der Waals surface area contributed by atoms with Gasteiger partial charge in [-0.25, -0.2) is 0 Å². The predicted molar refractivity (Wildman–Crippen MR) is 54.5 cm³/mol. The standard InChI is InChI=1S/C10H13P/c1-8-5-3-4-6-10(8)7-9(2)11/h3-7H,11H2,1-2H3/b9-7+. The van der Waals surface area contributed by atoms with Gasteiger partial charge in [0.2, 0.25) is 0 Å². The highest BCUT2D eigenvalue weighted by atomic mass is 31.0. The molecule has 0 aliphatic rings. The summed E-state index contributed by atoms with van der Waals surface area (Å²) < 4.78 is 0. The van der Waals surface area contributed by atoms with Crippen molar-refractivity contribution < 1.29 is 0 Å². The molecule has 0 bridgehead atoms. The average Bonchev–Trinajstić information content (AvgIpc) is 1.93. The normalized spacial score (nSPS) is 11.7. The van der Waals surface area contributed by atoms with Crippen LogP contribution in [0.25, 0.3) is 6.08 Å². The third-order valence-corrected chi connectivity index (χ3v) is 1.74. The molecule has 0 aliphatic carbocycles. The summed E-state index contributed by atoms with van der Waals surface area (Å²) in [5.74, 6) is 0. The molecule has 58 valence electrons. The number of allylic oxidation sites excluding steroid dienone is 1. The van der Waals surface area contributed by atoms with Crippen LogP contribution in [0.1, 0.15) is 18.1 Å². The lowest BCUT2D eigenvalue weighted by molar-refractivity contribution is 1.44. The first-order chi connectivity index (χ1) is 5.20.